The van der Waals surface area contributed by atoms with Crippen LogP contribution < -0.4 is 10.9 Å². The molecule has 0 unspecified atom stereocenters. The van der Waals surface area contributed by atoms with E-state index in [1.165, 1.54) is 6.07 Å². The Labute approximate surface area is 204 Å². The fraction of sp³-hybridized carbons (Fsp3) is 0.500. The molecular formula is C26H33FN4O4. The molecule has 1 aromatic carbocycles. The molecule has 1 fully saturated rings. The van der Waals surface area contributed by atoms with Gasteiger partial charge in [0.15, 0.2) is 0 Å². The lowest BCUT2D eigenvalue weighted by molar-refractivity contribution is -0.141. The van der Waals surface area contributed by atoms with Gasteiger partial charge in [0.25, 0.3) is 5.56 Å². The number of hydrogen-bond donors (Lipinski definition) is 2. The Balaban J connectivity index is 1.69. The lowest BCUT2D eigenvalue weighted by atomic mass is 9.88. The second-order valence-electron chi connectivity index (χ2n) is 9.57. The lowest BCUT2D eigenvalue weighted by Crippen LogP contribution is -2.50. The standard InChI is InChI=1S/C26H33FN4O4/c1-4-22(33)31-23-18(19(15-32)24(31)25(34)28-12-7-13-29(2)3)14-30-21(23)11-10-17(26(30)35)16-8-5-6-9-20(16)27/h5-6,8-11,18-19,23-24,32H,4,7,12-15H2,1-3H3,(H,28,34)/t18-,19-,23+,24-/m1/s1. The minimum Gasteiger partial charge on any atom is -0.396 e. The number of aromatic nitrogens is 1. The summed E-state index contributed by atoms with van der Waals surface area (Å²) in [5, 5.41) is 13.2. The highest BCUT2D eigenvalue weighted by atomic mass is 19.1. The number of halogens is 1. The molecule has 0 radical (unpaired) electrons. The zero-order valence-corrected chi connectivity index (χ0v) is 20.4. The molecule has 3 heterocycles. The summed E-state index contributed by atoms with van der Waals surface area (Å²) in [6.07, 6.45) is 0.963. The van der Waals surface area contributed by atoms with Gasteiger partial charge in [-0.15, -0.1) is 0 Å². The van der Waals surface area contributed by atoms with Gasteiger partial charge in [0.1, 0.15) is 11.9 Å². The number of rotatable bonds is 8. The molecule has 0 bridgehead atoms. The second kappa shape index (κ2) is 10.3. The van der Waals surface area contributed by atoms with Gasteiger partial charge in [0.05, 0.1) is 11.6 Å². The molecule has 188 valence electrons. The molecule has 2 aromatic rings. The Morgan fingerprint density at radius 2 is 1.91 bits per heavy atom. The smallest absolute Gasteiger partial charge is 0.258 e. The van der Waals surface area contributed by atoms with E-state index < -0.39 is 23.8 Å². The summed E-state index contributed by atoms with van der Waals surface area (Å²) in [5.41, 5.74) is 0.742. The van der Waals surface area contributed by atoms with Crippen LogP contribution in [-0.2, 0) is 16.1 Å². The van der Waals surface area contributed by atoms with E-state index in [9.17, 15) is 23.9 Å². The van der Waals surface area contributed by atoms with Gasteiger partial charge in [-0.1, -0.05) is 25.1 Å². The van der Waals surface area contributed by atoms with Gasteiger partial charge in [-0.25, -0.2) is 4.39 Å². The first kappa shape index (κ1) is 25.1. The van der Waals surface area contributed by atoms with Crippen molar-refractivity contribution in [1.29, 1.82) is 0 Å². The molecule has 35 heavy (non-hydrogen) atoms. The van der Waals surface area contributed by atoms with Crippen molar-refractivity contribution in [2.24, 2.45) is 11.8 Å². The minimum absolute atomic E-state index is 0.198. The Morgan fingerprint density at radius 1 is 1.17 bits per heavy atom. The van der Waals surface area contributed by atoms with Crippen LogP contribution in [0.5, 0.6) is 0 Å². The number of carbonyl (C=O) groups is 2. The third-order valence-electron chi connectivity index (χ3n) is 7.18. The summed E-state index contributed by atoms with van der Waals surface area (Å²) < 4.78 is 16.0. The zero-order valence-electron chi connectivity index (χ0n) is 20.4. The summed E-state index contributed by atoms with van der Waals surface area (Å²) in [6.45, 7) is 2.99. The number of hydrogen-bond acceptors (Lipinski definition) is 5. The summed E-state index contributed by atoms with van der Waals surface area (Å²) in [6, 6.07) is 8.15. The van der Waals surface area contributed by atoms with Crippen molar-refractivity contribution in [2.75, 3.05) is 33.8 Å². The predicted molar refractivity (Wildman–Crippen MR) is 130 cm³/mol. The third-order valence-corrected chi connectivity index (χ3v) is 7.18. The Kier molecular flexibility index (Phi) is 7.37. The van der Waals surface area contributed by atoms with E-state index in [-0.39, 0.29) is 54.0 Å². The van der Waals surface area contributed by atoms with Gasteiger partial charge in [-0.05, 0) is 45.3 Å². The molecule has 4 rings (SSSR count). The first-order valence-corrected chi connectivity index (χ1v) is 12.1. The minimum atomic E-state index is -0.808. The maximum Gasteiger partial charge on any atom is 0.258 e. The lowest BCUT2D eigenvalue weighted by Gasteiger charge is -2.31. The summed E-state index contributed by atoms with van der Waals surface area (Å²) in [4.78, 5) is 43.3. The van der Waals surface area contributed by atoms with Crippen molar-refractivity contribution in [1.82, 2.24) is 19.7 Å². The zero-order chi connectivity index (χ0) is 25.3. The maximum absolute atomic E-state index is 14.4. The van der Waals surface area contributed by atoms with E-state index in [1.54, 1.807) is 46.7 Å². The molecule has 0 spiro atoms. The number of nitrogens with one attached hydrogen (secondary N) is 1. The van der Waals surface area contributed by atoms with Gasteiger partial charge < -0.3 is 24.8 Å². The van der Waals surface area contributed by atoms with Crippen LogP contribution in [0.1, 0.15) is 31.5 Å². The van der Waals surface area contributed by atoms with Crippen LogP contribution in [0.15, 0.2) is 41.2 Å². The van der Waals surface area contributed by atoms with Crippen LogP contribution in [0, 0.1) is 17.7 Å². The monoisotopic (exact) mass is 484 g/mol. The molecule has 2 amide bonds. The molecular weight excluding hydrogens is 451 g/mol. The molecule has 0 aliphatic carbocycles. The average molecular weight is 485 g/mol. The van der Waals surface area contributed by atoms with Gasteiger partial charge in [-0.3, -0.25) is 14.4 Å². The van der Waals surface area contributed by atoms with Crippen LogP contribution in [0.2, 0.25) is 0 Å². The van der Waals surface area contributed by atoms with Gasteiger partial charge in [0.2, 0.25) is 11.8 Å². The number of nitrogens with zero attached hydrogens (tertiary/aromatic N) is 3. The topological polar surface area (TPSA) is 94.9 Å². The number of benzene rings is 1. The van der Waals surface area contributed by atoms with Crippen LogP contribution in [0.4, 0.5) is 4.39 Å². The van der Waals surface area contributed by atoms with Crippen molar-refractivity contribution >= 4 is 11.8 Å². The quantitative estimate of drug-likeness (QED) is 0.556. The number of carbonyl (C=O) groups excluding carboxylic acids is 2. The summed E-state index contributed by atoms with van der Waals surface area (Å²) in [5.74, 6) is -1.78. The largest absolute Gasteiger partial charge is 0.396 e. The van der Waals surface area contributed by atoms with Crippen molar-refractivity contribution < 1.29 is 19.1 Å². The van der Waals surface area contributed by atoms with E-state index in [0.29, 0.717) is 12.2 Å². The molecule has 2 aliphatic heterocycles. The van der Waals surface area contributed by atoms with E-state index in [0.717, 1.165) is 13.0 Å². The number of aliphatic hydroxyl groups excluding tert-OH is 1. The van der Waals surface area contributed by atoms with Gasteiger partial charge in [-0.2, -0.15) is 0 Å². The molecule has 2 N–H and O–H groups in total. The third kappa shape index (κ3) is 4.50. The molecule has 0 saturated carbocycles. The number of amides is 2. The molecule has 2 aliphatic rings. The Hall–Kier alpha value is -3.04. The fourth-order valence-corrected chi connectivity index (χ4v) is 5.55. The highest BCUT2D eigenvalue weighted by Gasteiger charge is 2.56. The summed E-state index contributed by atoms with van der Waals surface area (Å²) in [7, 11) is 3.92. The van der Waals surface area contributed by atoms with Crippen LogP contribution in [-0.4, -0.2) is 71.1 Å². The molecule has 1 saturated heterocycles. The average Bonchev–Trinajstić information content (AvgIpc) is 3.37. The molecule has 9 heteroatoms. The van der Waals surface area contributed by atoms with Crippen LogP contribution in [0.3, 0.4) is 0 Å². The summed E-state index contributed by atoms with van der Waals surface area (Å²) >= 11 is 0. The van der Waals surface area contributed by atoms with Crippen molar-refractivity contribution in [3.63, 3.8) is 0 Å². The number of fused-ring (bicyclic) bond motifs is 3. The van der Waals surface area contributed by atoms with Gasteiger partial charge >= 0.3 is 0 Å². The van der Waals surface area contributed by atoms with E-state index >= 15 is 0 Å². The van der Waals surface area contributed by atoms with Crippen molar-refractivity contribution in [3.05, 3.63) is 58.3 Å². The predicted octanol–water partition coefficient (Wildman–Crippen LogP) is 1.62. The van der Waals surface area contributed by atoms with E-state index in [2.05, 4.69) is 5.32 Å². The maximum atomic E-state index is 14.4. The second-order valence-corrected chi connectivity index (χ2v) is 9.57. The first-order valence-electron chi connectivity index (χ1n) is 12.1. The number of aliphatic hydroxyl groups is 1. The number of likely N-dealkylation sites (tertiary alicyclic amines) is 1. The van der Waals surface area contributed by atoms with Gasteiger partial charge in [0, 0.05) is 49.2 Å². The Bertz CT molecular complexity index is 1160. The van der Waals surface area contributed by atoms with Crippen molar-refractivity contribution in [2.45, 2.75) is 38.4 Å². The normalized spacial score (nSPS) is 22.9. The van der Waals surface area contributed by atoms with Crippen molar-refractivity contribution in [3.8, 4) is 11.1 Å². The molecule has 8 nitrogen and oxygen atoms in total. The fourth-order valence-electron chi connectivity index (χ4n) is 5.55. The molecule has 4 atom stereocenters. The van der Waals surface area contributed by atoms with Crippen LogP contribution in [0.25, 0.3) is 11.1 Å². The Morgan fingerprint density at radius 3 is 2.57 bits per heavy atom. The highest BCUT2D eigenvalue weighted by molar-refractivity contribution is 5.89. The van der Waals surface area contributed by atoms with Crippen LogP contribution >= 0.6 is 0 Å². The highest BCUT2D eigenvalue weighted by Crippen LogP contribution is 2.49. The van der Waals surface area contributed by atoms with E-state index in [4.69, 9.17) is 0 Å². The first-order chi connectivity index (χ1) is 16.8. The van der Waals surface area contributed by atoms with E-state index in [1.807, 2.05) is 19.0 Å². The number of pyridine rings is 1. The SMILES string of the molecule is CCC(=O)N1[C@@H]2c3ccc(-c4ccccc4F)c(=O)n3C[C@@H]2[C@@H](CO)[C@@H]1C(=O)NCCCN(C)C. The molecule has 1 aromatic heterocycles.